The zero-order valence-electron chi connectivity index (χ0n) is 9.02. The summed E-state index contributed by atoms with van der Waals surface area (Å²) in [6.45, 7) is 2.26. The lowest BCUT2D eigenvalue weighted by atomic mass is 9.97. The predicted octanol–water partition coefficient (Wildman–Crippen LogP) is 3.19. The second kappa shape index (κ2) is 5.35. The summed E-state index contributed by atoms with van der Waals surface area (Å²) in [6, 6.07) is 0. The van der Waals surface area contributed by atoms with Gasteiger partial charge in [-0.3, -0.25) is 0 Å². The summed E-state index contributed by atoms with van der Waals surface area (Å²) in [7, 11) is 0. The van der Waals surface area contributed by atoms with Gasteiger partial charge in [-0.15, -0.1) is 0 Å². The molecule has 2 aliphatic rings. The van der Waals surface area contributed by atoms with Crippen molar-refractivity contribution < 1.29 is 0 Å². The average Bonchev–Trinajstić information content (AvgIpc) is 2.62. The van der Waals surface area contributed by atoms with Gasteiger partial charge in [0, 0.05) is 6.54 Å². The lowest BCUT2D eigenvalue weighted by molar-refractivity contribution is 0.702. The molecule has 1 aliphatic carbocycles. The van der Waals surface area contributed by atoms with Crippen LogP contribution in [0.4, 0.5) is 0 Å². The van der Waals surface area contributed by atoms with Crippen molar-refractivity contribution in [3.63, 3.8) is 0 Å². The van der Waals surface area contributed by atoms with E-state index < -0.39 is 0 Å². The fourth-order valence-electron chi connectivity index (χ4n) is 2.40. The van der Waals surface area contributed by atoms with Crippen molar-refractivity contribution in [1.29, 1.82) is 0 Å². The van der Waals surface area contributed by atoms with Gasteiger partial charge in [-0.1, -0.05) is 18.6 Å². The molecule has 0 aromatic heterocycles. The van der Waals surface area contributed by atoms with E-state index in [0.717, 1.165) is 6.54 Å². The quantitative estimate of drug-likeness (QED) is 0.671. The van der Waals surface area contributed by atoms with Gasteiger partial charge in [0.25, 0.3) is 0 Å². The highest BCUT2D eigenvalue weighted by molar-refractivity contribution is 5.32. The van der Waals surface area contributed by atoms with Crippen LogP contribution in [0.2, 0.25) is 0 Å². The van der Waals surface area contributed by atoms with Crippen LogP contribution in [-0.4, -0.2) is 13.1 Å². The molecule has 0 saturated carbocycles. The SMILES string of the molecule is C1=C(C2=CCNCCC2)CCCCC1. The molecule has 0 radical (unpaired) electrons. The molecule has 0 atom stereocenters. The first kappa shape index (κ1) is 9.97. The molecule has 0 spiro atoms. The third-order valence-corrected chi connectivity index (χ3v) is 3.25. The predicted molar refractivity (Wildman–Crippen MR) is 61.4 cm³/mol. The maximum atomic E-state index is 3.43. The summed E-state index contributed by atoms with van der Waals surface area (Å²) in [5.74, 6) is 0. The molecular formula is C13H21N. The number of rotatable bonds is 1. The van der Waals surface area contributed by atoms with Crippen LogP contribution >= 0.6 is 0 Å². The molecule has 0 unspecified atom stereocenters. The van der Waals surface area contributed by atoms with E-state index in [1.807, 2.05) is 0 Å². The molecule has 1 heterocycles. The first-order chi connectivity index (χ1) is 6.97. The van der Waals surface area contributed by atoms with Crippen LogP contribution in [0.5, 0.6) is 0 Å². The number of nitrogens with one attached hydrogen (secondary N) is 1. The maximum Gasteiger partial charge on any atom is 0.0140 e. The van der Waals surface area contributed by atoms with Crippen LogP contribution in [0.25, 0.3) is 0 Å². The Labute approximate surface area is 87.3 Å². The molecule has 2 rings (SSSR count). The van der Waals surface area contributed by atoms with Crippen LogP contribution in [0.15, 0.2) is 23.3 Å². The monoisotopic (exact) mass is 191 g/mol. The molecule has 0 fully saturated rings. The highest BCUT2D eigenvalue weighted by Crippen LogP contribution is 2.26. The van der Waals surface area contributed by atoms with Crippen molar-refractivity contribution in [2.24, 2.45) is 0 Å². The van der Waals surface area contributed by atoms with Gasteiger partial charge in [-0.25, -0.2) is 0 Å². The molecule has 14 heavy (non-hydrogen) atoms. The Morgan fingerprint density at radius 2 is 1.71 bits per heavy atom. The van der Waals surface area contributed by atoms with E-state index in [1.54, 1.807) is 11.1 Å². The molecule has 1 heteroatoms. The van der Waals surface area contributed by atoms with Gasteiger partial charge >= 0.3 is 0 Å². The standard InChI is InChI=1S/C13H21N/c1-2-4-7-12(6-3-1)13-8-5-10-14-11-9-13/h6,9,14H,1-5,7-8,10-11H2. The Balaban J connectivity index is 2.03. The van der Waals surface area contributed by atoms with Gasteiger partial charge in [0.15, 0.2) is 0 Å². The van der Waals surface area contributed by atoms with E-state index in [0.29, 0.717) is 0 Å². The van der Waals surface area contributed by atoms with Gasteiger partial charge in [-0.2, -0.15) is 0 Å². The summed E-state index contributed by atoms with van der Waals surface area (Å²) in [5, 5.41) is 3.43. The van der Waals surface area contributed by atoms with Crippen molar-refractivity contribution in [3.8, 4) is 0 Å². The highest BCUT2D eigenvalue weighted by Gasteiger charge is 2.09. The Hall–Kier alpha value is -0.560. The molecule has 0 aromatic rings. The van der Waals surface area contributed by atoms with Gasteiger partial charge in [0.05, 0.1) is 0 Å². The topological polar surface area (TPSA) is 12.0 Å². The van der Waals surface area contributed by atoms with Crippen molar-refractivity contribution >= 4 is 0 Å². The Morgan fingerprint density at radius 1 is 0.857 bits per heavy atom. The van der Waals surface area contributed by atoms with Gasteiger partial charge in [-0.05, 0) is 56.2 Å². The molecule has 0 saturated heterocycles. The first-order valence-corrected chi connectivity index (χ1v) is 6.06. The van der Waals surface area contributed by atoms with Crippen LogP contribution < -0.4 is 5.32 Å². The fraction of sp³-hybridized carbons (Fsp3) is 0.692. The highest BCUT2D eigenvalue weighted by atomic mass is 14.8. The molecule has 1 nitrogen and oxygen atoms in total. The molecule has 1 N–H and O–H groups in total. The van der Waals surface area contributed by atoms with Crippen LogP contribution in [0.3, 0.4) is 0 Å². The Kier molecular flexibility index (Phi) is 3.81. The van der Waals surface area contributed by atoms with E-state index >= 15 is 0 Å². The first-order valence-electron chi connectivity index (χ1n) is 6.06. The third-order valence-electron chi connectivity index (χ3n) is 3.25. The average molecular weight is 191 g/mol. The van der Waals surface area contributed by atoms with Crippen molar-refractivity contribution in [1.82, 2.24) is 5.32 Å². The summed E-state index contributed by atoms with van der Waals surface area (Å²) in [4.78, 5) is 0. The van der Waals surface area contributed by atoms with E-state index in [2.05, 4.69) is 17.5 Å². The third kappa shape index (κ3) is 2.71. The Bertz CT molecular complexity index is 212. The zero-order valence-corrected chi connectivity index (χ0v) is 9.02. The van der Waals surface area contributed by atoms with Crippen LogP contribution in [-0.2, 0) is 0 Å². The lowest BCUT2D eigenvalue weighted by Crippen LogP contribution is -2.12. The fourth-order valence-corrected chi connectivity index (χ4v) is 2.40. The van der Waals surface area contributed by atoms with Crippen molar-refractivity contribution in [2.75, 3.05) is 13.1 Å². The lowest BCUT2D eigenvalue weighted by Gasteiger charge is -2.08. The summed E-state index contributed by atoms with van der Waals surface area (Å²) < 4.78 is 0. The normalized spacial score (nSPS) is 24.6. The molecule has 1 aliphatic heterocycles. The smallest absolute Gasteiger partial charge is 0.0140 e. The van der Waals surface area contributed by atoms with Gasteiger partial charge in [0.1, 0.15) is 0 Å². The second-order valence-electron chi connectivity index (χ2n) is 4.37. The van der Waals surface area contributed by atoms with E-state index in [4.69, 9.17) is 0 Å². The minimum atomic E-state index is 1.08. The maximum absolute atomic E-state index is 3.43. The molecule has 0 amide bonds. The van der Waals surface area contributed by atoms with Crippen molar-refractivity contribution in [3.05, 3.63) is 23.3 Å². The summed E-state index contributed by atoms with van der Waals surface area (Å²) in [5.41, 5.74) is 3.29. The van der Waals surface area contributed by atoms with E-state index in [1.165, 1.54) is 51.5 Å². The number of hydrogen-bond acceptors (Lipinski definition) is 1. The number of allylic oxidation sites excluding steroid dienone is 3. The molecule has 78 valence electrons. The summed E-state index contributed by atoms with van der Waals surface area (Å²) in [6.07, 6.45) is 14.3. The summed E-state index contributed by atoms with van der Waals surface area (Å²) >= 11 is 0. The van der Waals surface area contributed by atoms with E-state index in [-0.39, 0.29) is 0 Å². The minimum absolute atomic E-state index is 1.08. The van der Waals surface area contributed by atoms with E-state index in [9.17, 15) is 0 Å². The second-order valence-corrected chi connectivity index (χ2v) is 4.37. The number of hydrogen-bond donors (Lipinski definition) is 1. The van der Waals surface area contributed by atoms with Crippen LogP contribution in [0, 0.1) is 0 Å². The largest absolute Gasteiger partial charge is 0.313 e. The van der Waals surface area contributed by atoms with Gasteiger partial charge < -0.3 is 5.32 Å². The molecule has 0 bridgehead atoms. The van der Waals surface area contributed by atoms with Crippen LogP contribution in [0.1, 0.15) is 44.9 Å². The van der Waals surface area contributed by atoms with Gasteiger partial charge in [0.2, 0.25) is 0 Å². The molecular weight excluding hydrogens is 170 g/mol. The molecule has 0 aromatic carbocycles. The zero-order chi connectivity index (χ0) is 9.64. The Morgan fingerprint density at radius 3 is 2.71 bits per heavy atom. The minimum Gasteiger partial charge on any atom is -0.313 e. The van der Waals surface area contributed by atoms with Crippen molar-refractivity contribution in [2.45, 2.75) is 44.9 Å².